The maximum atomic E-state index is 11.6. The van der Waals surface area contributed by atoms with Crippen molar-refractivity contribution in [2.24, 2.45) is 9.98 Å². The Balaban J connectivity index is 1.37. The average Bonchev–Trinajstić information content (AvgIpc) is 3.11. The normalized spacial score (nSPS) is 17.2. The summed E-state index contributed by atoms with van der Waals surface area (Å²) in [4.78, 5) is 14.3. The van der Waals surface area contributed by atoms with Gasteiger partial charge in [0.05, 0.1) is 13.1 Å². The van der Waals surface area contributed by atoms with Crippen LogP contribution in [0.5, 0.6) is 11.5 Å². The van der Waals surface area contributed by atoms with Crippen molar-refractivity contribution in [2.75, 3.05) is 14.1 Å². The topological polar surface area (TPSA) is 71.7 Å². The lowest BCUT2D eigenvalue weighted by atomic mass is 9.84. The van der Waals surface area contributed by atoms with Gasteiger partial charge in [0.15, 0.2) is 0 Å². The van der Waals surface area contributed by atoms with E-state index < -0.39 is 0 Å². The minimum absolute atomic E-state index is 0.0780. The third-order valence-corrected chi connectivity index (χ3v) is 10.5. The quantitative estimate of drug-likeness (QED) is 0.144. The van der Waals surface area contributed by atoms with Crippen molar-refractivity contribution in [1.82, 2.24) is 9.80 Å². The highest BCUT2D eigenvalue weighted by Gasteiger charge is 2.33. The van der Waals surface area contributed by atoms with Gasteiger partial charge in [-0.15, -0.1) is 0 Å². The first-order valence-electron chi connectivity index (χ1n) is 18.9. The first kappa shape index (κ1) is 39.0. The molecule has 2 unspecified atom stereocenters. The molecule has 6 heteroatoms. The van der Waals surface area contributed by atoms with Crippen LogP contribution in [0, 0.1) is 0 Å². The second-order valence-electron chi connectivity index (χ2n) is 16.8. The molecule has 1 fully saturated rings. The molecule has 5 rings (SSSR count). The molecule has 1 aliphatic rings. The smallest absolute Gasteiger partial charge is 0.128 e. The molecule has 0 bridgehead atoms. The van der Waals surface area contributed by atoms with Gasteiger partial charge in [0, 0.05) is 59.9 Å². The zero-order valence-electron chi connectivity index (χ0n) is 32.7. The number of aromatic hydroxyl groups is 2. The Kier molecular flexibility index (Phi) is 12.8. The van der Waals surface area contributed by atoms with Gasteiger partial charge >= 0.3 is 0 Å². The number of hydrogen-bond acceptors (Lipinski definition) is 6. The van der Waals surface area contributed by atoms with Gasteiger partial charge in [-0.1, -0.05) is 127 Å². The van der Waals surface area contributed by atoms with Crippen molar-refractivity contribution in [2.45, 2.75) is 116 Å². The van der Waals surface area contributed by atoms with E-state index in [-0.39, 0.29) is 10.8 Å². The molecule has 6 nitrogen and oxygen atoms in total. The largest absolute Gasteiger partial charge is 0.507 e. The molecule has 276 valence electrons. The Hall–Kier alpha value is -4.26. The van der Waals surface area contributed by atoms with Gasteiger partial charge in [-0.3, -0.25) is 19.8 Å². The van der Waals surface area contributed by atoms with Gasteiger partial charge in [0.1, 0.15) is 11.5 Å². The van der Waals surface area contributed by atoms with Crippen LogP contribution in [-0.2, 0) is 37.0 Å². The van der Waals surface area contributed by atoms with Crippen molar-refractivity contribution < 1.29 is 10.2 Å². The number of hydrogen-bond donors (Lipinski definition) is 2. The van der Waals surface area contributed by atoms with E-state index in [2.05, 4.69) is 114 Å². The van der Waals surface area contributed by atoms with E-state index in [9.17, 15) is 10.2 Å². The molecule has 0 aromatic heterocycles. The number of phenolic OH excluding ortho intramolecular Hbond substituents is 2. The van der Waals surface area contributed by atoms with Gasteiger partial charge in [0.2, 0.25) is 0 Å². The summed E-state index contributed by atoms with van der Waals surface area (Å²) in [5, 5.41) is 23.2. The maximum absolute atomic E-state index is 11.6. The fraction of sp³-hybridized carbons (Fsp3) is 0.435. The lowest BCUT2D eigenvalue weighted by molar-refractivity contribution is 0.0684. The summed E-state index contributed by atoms with van der Waals surface area (Å²) in [5.41, 5.74) is 7.89. The molecular formula is C46H60N4O2. The first-order valence-corrected chi connectivity index (χ1v) is 18.9. The zero-order chi connectivity index (χ0) is 37.5. The Labute approximate surface area is 313 Å². The molecular weight excluding hydrogens is 641 g/mol. The second kappa shape index (κ2) is 17.0. The summed E-state index contributed by atoms with van der Waals surface area (Å²) in [6.45, 7) is 15.7. The Morgan fingerprint density at radius 3 is 1.31 bits per heavy atom. The molecule has 52 heavy (non-hydrogen) atoms. The fourth-order valence-corrected chi connectivity index (χ4v) is 7.30. The molecule has 1 aliphatic carbocycles. The highest BCUT2D eigenvalue weighted by molar-refractivity contribution is 5.85. The van der Waals surface area contributed by atoms with E-state index in [1.54, 1.807) is 0 Å². The van der Waals surface area contributed by atoms with Crippen LogP contribution in [-0.4, -0.2) is 58.6 Å². The molecule has 4 aromatic carbocycles. The summed E-state index contributed by atoms with van der Waals surface area (Å²) >= 11 is 0. The monoisotopic (exact) mass is 700 g/mol. The molecule has 0 radical (unpaired) electrons. The SMILES string of the molecule is CN(Cc1cc(C(C)(C)C)cc(C=NCc2ccccc2)c1O)C1CCCCC1N(C)Cc1cc(C(C)(C)C)cc(C=NCc2ccccc2)c1O. The fourth-order valence-electron chi connectivity index (χ4n) is 7.30. The van der Waals surface area contributed by atoms with Gasteiger partial charge in [0.25, 0.3) is 0 Å². The van der Waals surface area contributed by atoms with Crippen LogP contribution in [0.25, 0.3) is 0 Å². The average molecular weight is 701 g/mol. The third-order valence-electron chi connectivity index (χ3n) is 10.5. The molecule has 4 aromatic rings. The van der Waals surface area contributed by atoms with Crippen LogP contribution in [0.15, 0.2) is 94.9 Å². The molecule has 0 spiro atoms. The molecule has 0 aliphatic heterocycles. The number of benzene rings is 4. The Bertz CT molecular complexity index is 1680. The molecule has 0 saturated heterocycles. The number of nitrogens with zero attached hydrogens (tertiary/aromatic N) is 4. The van der Waals surface area contributed by atoms with Crippen molar-refractivity contribution in [3.05, 3.63) is 129 Å². The van der Waals surface area contributed by atoms with Crippen molar-refractivity contribution in [1.29, 1.82) is 0 Å². The molecule has 0 amide bonds. The summed E-state index contributed by atoms with van der Waals surface area (Å²) in [6.07, 6.45) is 8.19. The van der Waals surface area contributed by atoms with Crippen LogP contribution in [0.3, 0.4) is 0 Å². The zero-order valence-corrected chi connectivity index (χ0v) is 32.7. The lowest BCUT2D eigenvalue weighted by Gasteiger charge is -2.43. The second-order valence-corrected chi connectivity index (χ2v) is 16.8. The van der Waals surface area contributed by atoms with Gasteiger partial charge < -0.3 is 10.2 Å². The molecule has 2 atom stereocenters. The van der Waals surface area contributed by atoms with Crippen molar-refractivity contribution in [3.8, 4) is 11.5 Å². The third kappa shape index (κ3) is 10.2. The number of phenols is 2. The first-order chi connectivity index (χ1) is 24.7. The van der Waals surface area contributed by atoms with Crippen LogP contribution in [0.2, 0.25) is 0 Å². The van der Waals surface area contributed by atoms with Crippen LogP contribution in [0.1, 0.15) is 112 Å². The minimum atomic E-state index is -0.0780. The summed E-state index contributed by atoms with van der Waals surface area (Å²) in [5.74, 6) is 0.616. The van der Waals surface area contributed by atoms with E-state index in [1.807, 2.05) is 48.8 Å². The standard InChI is InChI=1S/C46H60N4O2/c1-45(2,3)39-23-35(29-47-27-33-17-11-9-12-18-33)43(51)37(25-39)31-49(7)41-21-15-16-22-42(41)50(8)32-38-26-40(46(4,5)6)24-36(44(38)52)30-48-28-34-19-13-10-14-20-34/h9-14,17-20,23-26,29-30,41-42,51-52H,15-16,21-22,27-28,31-32H2,1-8H3. The van der Waals surface area contributed by atoms with E-state index >= 15 is 0 Å². The van der Waals surface area contributed by atoms with E-state index in [4.69, 9.17) is 9.98 Å². The van der Waals surface area contributed by atoms with E-state index in [0.29, 0.717) is 49.8 Å². The lowest BCUT2D eigenvalue weighted by Crippen LogP contribution is -2.50. The molecule has 2 N–H and O–H groups in total. The summed E-state index contributed by atoms with van der Waals surface area (Å²) in [7, 11) is 4.39. The van der Waals surface area contributed by atoms with Gasteiger partial charge in [-0.25, -0.2) is 0 Å². The number of rotatable bonds is 12. The Morgan fingerprint density at radius 1 is 0.596 bits per heavy atom. The van der Waals surface area contributed by atoms with Crippen molar-refractivity contribution >= 4 is 12.4 Å². The predicted octanol–water partition coefficient (Wildman–Crippen LogP) is 9.81. The van der Waals surface area contributed by atoms with E-state index in [1.165, 1.54) is 24.0 Å². The maximum Gasteiger partial charge on any atom is 0.128 e. The molecule has 0 heterocycles. The van der Waals surface area contributed by atoms with Crippen LogP contribution >= 0.6 is 0 Å². The van der Waals surface area contributed by atoms with Gasteiger partial charge in [-0.2, -0.15) is 0 Å². The summed E-state index contributed by atoms with van der Waals surface area (Å²) < 4.78 is 0. The predicted molar refractivity (Wildman–Crippen MR) is 218 cm³/mol. The highest BCUT2D eigenvalue weighted by Crippen LogP contribution is 2.35. The van der Waals surface area contributed by atoms with E-state index in [0.717, 1.165) is 46.2 Å². The minimum Gasteiger partial charge on any atom is -0.507 e. The number of aliphatic imine (C=N–C) groups is 2. The highest BCUT2D eigenvalue weighted by atomic mass is 16.3. The van der Waals surface area contributed by atoms with Crippen LogP contribution in [0.4, 0.5) is 0 Å². The Morgan fingerprint density at radius 2 is 0.962 bits per heavy atom. The summed E-state index contributed by atoms with van der Waals surface area (Å²) in [6, 6.07) is 29.5. The van der Waals surface area contributed by atoms with Crippen molar-refractivity contribution in [3.63, 3.8) is 0 Å². The van der Waals surface area contributed by atoms with Gasteiger partial charge in [-0.05, 0) is 72.2 Å². The van der Waals surface area contributed by atoms with Crippen LogP contribution < -0.4 is 0 Å². The molecule has 1 saturated carbocycles. The number of likely N-dealkylation sites (N-methyl/N-ethyl adjacent to an activating group) is 2.